The van der Waals surface area contributed by atoms with Crippen molar-refractivity contribution in [1.29, 1.82) is 0 Å². The van der Waals surface area contributed by atoms with Gasteiger partial charge in [0.2, 0.25) is 0 Å². The van der Waals surface area contributed by atoms with E-state index >= 15 is 0 Å². The van der Waals surface area contributed by atoms with Crippen molar-refractivity contribution in [3.8, 4) is 5.75 Å². The van der Waals surface area contributed by atoms with Crippen molar-refractivity contribution in [2.24, 2.45) is 0 Å². The number of carbonyl (C=O) groups excluding carboxylic acids is 1. The van der Waals surface area contributed by atoms with Gasteiger partial charge in [-0.1, -0.05) is 12.1 Å². The Bertz CT molecular complexity index is 959. The number of aromatic nitrogens is 1. The first-order chi connectivity index (χ1) is 13.0. The summed E-state index contributed by atoms with van der Waals surface area (Å²) in [5.41, 5.74) is 2.98. The summed E-state index contributed by atoms with van der Waals surface area (Å²) in [6.07, 6.45) is 3.06. The number of rotatable bonds is 4. The van der Waals surface area contributed by atoms with Crippen molar-refractivity contribution in [3.63, 3.8) is 0 Å². The molecular weight excluding hydrogens is 338 g/mol. The van der Waals surface area contributed by atoms with E-state index in [0.29, 0.717) is 6.04 Å². The summed E-state index contributed by atoms with van der Waals surface area (Å²) in [7, 11) is 4.14. The summed E-state index contributed by atoms with van der Waals surface area (Å²) in [4.78, 5) is 16.9. The van der Waals surface area contributed by atoms with Gasteiger partial charge in [-0.25, -0.2) is 0 Å². The quantitative estimate of drug-likeness (QED) is 0.775. The Morgan fingerprint density at radius 3 is 2.63 bits per heavy atom. The van der Waals surface area contributed by atoms with Crippen LogP contribution in [0.1, 0.15) is 22.3 Å². The molecule has 1 amide bonds. The summed E-state index contributed by atoms with van der Waals surface area (Å²) >= 11 is 0. The van der Waals surface area contributed by atoms with E-state index in [1.165, 1.54) is 0 Å². The number of nitrogens with zero attached hydrogens (tertiary/aromatic N) is 3. The zero-order valence-electron chi connectivity index (χ0n) is 15.8. The highest BCUT2D eigenvalue weighted by Gasteiger charge is 2.27. The van der Waals surface area contributed by atoms with Gasteiger partial charge < -0.3 is 19.5 Å². The Hall–Kier alpha value is -2.79. The van der Waals surface area contributed by atoms with Crippen LogP contribution in [0.2, 0.25) is 0 Å². The Morgan fingerprint density at radius 2 is 1.93 bits per heavy atom. The molecule has 0 radical (unpaired) electrons. The number of benzene rings is 2. The maximum absolute atomic E-state index is 12.7. The molecule has 1 saturated heterocycles. The zero-order chi connectivity index (χ0) is 19.0. The van der Waals surface area contributed by atoms with Gasteiger partial charge >= 0.3 is 0 Å². The molecule has 5 nitrogen and oxygen atoms in total. The Balaban J connectivity index is 1.46. The average Bonchev–Trinajstić information content (AvgIpc) is 3.29. The number of hydrogen-bond donors (Lipinski definition) is 1. The van der Waals surface area contributed by atoms with Crippen LogP contribution in [0.5, 0.6) is 5.75 Å². The molecule has 2 aromatic carbocycles. The fourth-order valence-electron chi connectivity index (χ4n) is 3.81. The number of phenolic OH excluding ortho intramolecular Hbond substituents is 1. The van der Waals surface area contributed by atoms with Crippen LogP contribution in [-0.2, 0) is 6.54 Å². The molecule has 1 fully saturated rings. The van der Waals surface area contributed by atoms with Crippen LogP contribution in [0.15, 0.2) is 54.7 Å². The second kappa shape index (κ2) is 7.08. The molecule has 2 heterocycles. The van der Waals surface area contributed by atoms with Gasteiger partial charge in [0.05, 0.1) is 0 Å². The number of hydrogen-bond acceptors (Lipinski definition) is 3. The fraction of sp³-hybridized carbons (Fsp3) is 0.318. The summed E-state index contributed by atoms with van der Waals surface area (Å²) in [5, 5.41) is 10.6. The van der Waals surface area contributed by atoms with Crippen molar-refractivity contribution in [2.45, 2.75) is 19.0 Å². The zero-order valence-corrected chi connectivity index (χ0v) is 15.8. The van der Waals surface area contributed by atoms with Gasteiger partial charge in [-0.2, -0.15) is 0 Å². The molecule has 1 aromatic heterocycles. The largest absolute Gasteiger partial charge is 0.508 e. The van der Waals surface area contributed by atoms with Crippen molar-refractivity contribution >= 4 is 16.8 Å². The van der Waals surface area contributed by atoms with Gasteiger partial charge in [-0.05, 0) is 62.5 Å². The highest BCUT2D eigenvalue weighted by Crippen LogP contribution is 2.22. The molecule has 4 rings (SSSR count). The van der Waals surface area contributed by atoms with E-state index in [9.17, 15) is 9.90 Å². The van der Waals surface area contributed by atoms with Crippen LogP contribution in [-0.4, -0.2) is 58.6 Å². The maximum Gasteiger partial charge on any atom is 0.253 e. The normalized spacial score (nSPS) is 17.1. The van der Waals surface area contributed by atoms with Crippen LogP contribution in [0.4, 0.5) is 0 Å². The van der Waals surface area contributed by atoms with Gasteiger partial charge in [0.15, 0.2) is 0 Å². The lowest BCUT2D eigenvalue weighted by Gasteiger charge is -2.20. The third-order valence-electron chi connectivity index (χ3n) is 5.49. The SMILES string of the molecule is CN(C)C1CCN(C(=O)c2ccc(Cn3ccc4cc(O)ccc43)cc2)C1. The predicted octanol–water partition coefficient (Wildman–Crippen LogP) is 3.17. The fourth-order valence-corrected chi connectivity index (χ4v) is 3.81. The van der Waals surface area contributed by atoms with Crippen LogP contribution in [0.25, 0.3) is 10.9 Å². The number of phenols is 1. The van der Waals surface area contributed by atoms with Gasteiger partial charge in [-0.3, -0.25) is 4.79 Å². The van der Waals surface area contributed by atoms with Crippen LogP contribution >= 0.6 is 0 Å². The highest BCUT2D eigenvalue weighted by atomic mass is 16.3. The molecule has 1 N–H and O–H groups in total. The monoisotopic (exact) mass is 363 g/mol. The average molecular weight is 363 g/mol. The third-order valence-corrected chi connectivity index (χ3v) is 5.49. The van der Waals surface area contributed by atoms with Gasteiger partial charge in [0.25, 0.3) is 5.91 Å². The lowest BCUT2D eigenvalue weighted by atomic mass is 10.1. The molecule has 5 heteroatoms. The summed E-state index contributed by atoms with van der Waals surface area (Å²) in [6, 6.07) is 15.8. The van der Waals surface area contributed by atoms with E-state index in [2.05, 4.69) is 23.6 Å². The van der Waals surface area contributed by atoms with Crippen LogP contribution in [0, 0.1) is 0 Å². The standard InChI is InChI=1S/C22H25N3O2/c1-23(2)19-10-12-25(15-19)22(27)17-5-3-16(4-6-17)14-24-11-9-18-13-20(26)7-8-21(18)24/h3-9,11,13,19,26H,10,12,14-15H2,1-2H3. The van der Waals surface area contributed by atoms with Crippen molar-refractivity contribution in [3.05, 3.63) is 65.9 Å². The van der Waals surface area contributed by atoms with Gasteiger partial charge in [-0.15, -0.1) is 0 Å². The highest BCUT2D eigenvalue weighted by molar-refractivity contribution is 5.94. The topological polar surface area (TPSA) is 48.7 Å². The van der Waals surface area contributed by atoms with Gasteiger partial charge in [0, 0.05) is 48.3 Å². The predicted molar refractivity (Wildman–Crippen MR) is 107 cm³/mol. The molecule has 0 spiro atoms. The maximum atomic E-state index is 12.7. The van der Waals surface area contributed by atoms with E-state index in [0.717, 1.165) is 48.1 Å². The number of likely N-dealkylation sites (tertiary alicyclic amines) is 1. The first-order valence-electron chi connectivity index (χ1n) is 9.34. The molecule has 1 aliphatic heterocycles. The van der Waals surface area contributed by atoms with E-state index in [4.69, 9.17) is 0 Å². The second-order valence-corrected chi connectivity index (χ2v) is 7.54. The van der Waals surface area contributed by atoms with E-state index in [-0.39, 0.29) is 11.7 Å². The summed E-state index contributed by atoms with van der Waals surface area (Å²) < 4.78 is 2.15. The molecule has 0 bridgehead atoms. The van der Waals surface area contributed by atoms with Gasteiger partial charge in [0.1, 0.15) is 5.75 Å². The van der Waals surface area contributed by atoms with Crippen molar-refractivity contribution in [2.75, 3.05) is 27.2 Å². The molecule has 1 aliphatic rings. The summed E-state index contributed by atoms with van der Waals surface area (Å²) in [5.74, 6) is 0.398. The lowest BCUT2D eigenvalue weighted by Crippen LogP contribution is -2.34. The van der Waals surface area contributed by atoms with Crippen LogP contribution < -0.4 is 0 Å². The number of amides is 1. The van der Waals surface area contributed by atoms with E-state index in [1.54, 1.807) is 12.1 Å². The molecule has 3 aromatic rings. The first kappa shape index (κ1) is 17.6. The minimum absolute atomic E-state index is 0.118. The molecule has 1 unspecified atom stereocenters. The van der Waals surface area contributed by atoms with Crippen molar-refractivity contribution < 1.29 is 9.90 Å². The minimum atomic E-state index is 0.118. The van der Waals surface area contributed by atoms with E-state index in [1.807, 2.05) is 47.5 Å². The molecular formula is C22H25N3O2. The first-order valence-corrected chi connectivity index (χ1v) is 9.34. The Labute approximate surface area is 159 Å². The molecule has 0 saturated carbocycles. The van der Waals surface area contributed by atoms with Crippen molar-refractivity contribution in [1.82, 2.24) is 14.4 Å². The second-order valence-electron chi connectivity index (χ2n) is 7.54. The number of likely N-dealkylation sites (N-methyl/N-ethyl adjacent to an activating group) is 1. The minimum Gasteiger partial charge on any atom is -0.508 e. The number of carbonyl (C=O) groups is 1. The molecule has 1 atom stereocenters. The van der Waals surface area contributed by atoms with Crippen LogP contribution in [0.3, 0.4) is 0 Å². The molecule has 140 valence electrons. The third kappa shape index (κ3) is 3.55. The molecule has 0 aliphatic carbocycles. The number of aromatic hydroxyl groups is 1. The Morgan fingerprint density at radius 1 is 1.15 bits per heavy atom. The van der Waals surface area contributed by atoms with E-state index < -0.39 is 0 Å². The smallest absolute Gasteiger partial charge is 0.253 e. The Kier molecular flexibility index (Phi) is 4.62. The molecule has 27 heavy (non-hydrogen) atoms. The lowest BCUT2D eigenvalue weighted by molar-refractivity contribution is 0.0783. The summed E-state index contributed by atoms with van der Waals surface area (Å²) in [6.45, 7) is 2.36. The number of fused-ring (bicyclic) bond motifs is 1.